The number of carbonyl (C=O) groups is 1. The standard InChI is InChI=1S/C23H30N2O3/c1-18(2)28-22-6-4-5-20(15-22)16-23(26)25-13-11-24(12-14-25)17-19-7-9-21(27-3)10-8-19/h4-10,15,18H,11-14,16-17H2,1-3H3. The minimum Gasteiger partial charge on any atom is -0.497 e. The fraction of sp³-hybridized carbons (Fsp3) is 0.435. The molecule has 1 aliphatic rings. The van der Waals surface area contributed by atoms with Gasteiger partial charge in [0.25, 0.3) is 0 Å². The van der Waals surface area contributed by atoms with Crippen molar-refractivity contribution in [2.45, 2.75) is 32.9 Å². The van der Waals surface area contributed by atoms with Crippen LogP contribution in [-0.4, -0.2) is 55.1 Å². The van der Waals surface area contributed by atoms with E-state index >= 15 is 0 Å². The fourth-order valence-electron chi connectivity index (χ4n) is 3.43. The van der Waals surface area contributed by atoms with Gasteiger partial charge in [-0.1, -0.05) is 24.3 Å². The van der Waals surface area contributed by atoms with Gasteiger partial charge in [0.2, 0.25) is 5.91 Å². The highest BCUT2D eigenvalue weighted by Crippen LogP contribution is 2.17. The van der Waals surface area contributed by atoms with Crippen LogP contribution in [-0.2, 0) is 17.8 Å². The Morgan fingerprint density at radius 1 is 0.964 bits per heavy atom. The molecule has 28 heavy (non-hydrogen) atoms. The average Bonchev–Trinajstić information content (AvgIpc) is 2.69. The highest BCUT2D eigenvalue weighted by Gasteiger charge is 2.21. The van der Waals surface area contributed by atoms with Crippen molar-refractivity contribution in [1.82, 2.24) is 9.80 Å². The smallest absolute Gasteiger partial charge is 0.227 e. The molecule has 0 saturated carbocycles. The van der Waals surface area contributed by atoms with Gasteiger partial charge in [0, 0.05) is 32.7 Å². The van der Waals surface area contributed by atoms with Gasteiger partial charge in [-0.2, -0.15) is 0 Å². The van der Waals surface area contributed by atoms with Crippen molar-refractivity contribution in [3.8, 4) is 11.5 Å². The Morgan fingerprint density at radius 3 is 2.32 bits per heavy atom. The van der Waals surface area contributed by atoms with Crippen LogP contribution >= 0.6 is 0 Å². The Labute approximate surface area is 167 Å². The van der Waals surface area contributed by atoms with E-state index in [9.17, 15) is 4.79 Å². The van der Waals surface area contributed by atoms with Crippen LogP contribution in [0.3, 0.4) is 0 Å². The summed E-state index contributed by atoms with van der Waals surface area (Å²) in [6, 6.07) is 16.0. The number of hydrogen-bond acceptors (Lipinski definition) is 4. The zero-order valence-electron chi connectivity index (χ0n) is 17.1. The number of hydrogen-bond donors (Lipinski definition) is 0. The second-order valence-corrected chi connectivity index (χ2v) is 7.50. The summed E-state index contributed by atoms with van der Waals surface area (Å²) >= 11 is 0. The highest BCUT2D eigenvalue weighted by molar-refractivity contribution is 5.79. The van der Waals surface area contributed by atoms with E-state index in [0.29, 0.717) is 6.42 Å². The van der Waals surface area contributed by atoms with Crippen molar-refractivity contribution in [3.05, 3.63) is 59.7 Å². The quantitative estimate of drug-likeness (QED) is 0.736. The first kappa shape index (κ1) is 20.2. The molecular formula is C23H30N2O3. The first-order chi connectivity index (χ1) is 13.5. The topological polar surface area (TPSA) is 42.0 Å². The van der Waals surface area contributed by atoms with E-state index in [4.69, 9.17) is 9.47 Å². The molecule has 0 bridgehead atoms. The van der Waals surface area contributed by atoms with E-state index in [1.807, 2.05) is 55.1 Å². The summed E-state index contributed by atoms with van der Waals surface area (Å²) in [7, 11) is 1.68. The molecule has 0 aromatic heterocycles. The number of methoxy groups -OCH3 is 1. The van der Waals surface area contributed by atoms with E-state index in [2.05, 4.69) is 17.0 Å². The number of piperazine rings is 1. The zero-order chi connectivity index (χ0) is 19.9. The third kappa shape index (κ3) is 5.73. The van der Waals surface area contributed by atoms with Crippen LogP contribution < -0.4 is 9.47 Å². The third-order valence-corrected chi connectivity index (χ3v) is 4.92. The molecule has 0 aliphatic carbocycles. The first-order valence-corrected chi connectivity index (χ1v) is 9.92. The highest BCUT2D eigenvalue weighted by atomic mass is 16.5. The van der Waals surface area contributed by atoms with Crippen LogP contribution in [0.5, 0.6) is 11.5 Å². The molecule has 0 unspecified atom stereocenters. The van der Waals surface area contributed by atoms with Crippen molar-refractivity contribution < 1.29 is 14.3 Å². The lowest BCUT2D eigenvalue weighted by atomic mass is 10.1. The van der Waals surface area contributed by atoms with Gasteiger partial charge in [-0.25, -0.2) is 0 Å². The molecule has 0 spiro atoms. The predicted molar refractivity (Wildman–Crippen MR) is 111 cm³/mol. The van der Waals surface area contributed by atoms with Crippen LogP contribution in [0.4, 0.5) is 0 Å². The summed E-state index contributed by atoms with van der Waals surface area (Å²) in [6.45, 7) is 8.25. The molecule has 1 aliphatic heterocycles. The van der Waals surface area contributed by atoms with Crippen LogP contribution in [0.25, 0.3) is 0 Å². The molecule has 3 rings (SSSR count). The first-order valence-electron chi connectivity index (χ1n) is 9.92. The van der Waals surface area contributed by atoms with E-state index in [1.54, 1.807) is 7.11 Å². The van der Waals surface area contributed by atoms with Crippen LogP contribution in [0, 0.1) is 0 Å². The van der Waals surface area contributed by atoms with Crippen LogP contribution in [0.2, 0.25) is 0 Å². The molecule has 2 aromatic rings. The molecule has 5 nitrogen and oxygen atoms in total. The van der Waals surface area contributed by atoms with Crippen molar-refractivity contribution in [1.29, 1.82) is 0 Å². The maximum Gasteiger partial charge on any atom is 0.227 e. The van der Waals surface area contributed by atoms with Gasteiger partial charge < -0.3 is 14.4 Å². The maximum absolute atomic E-state index is 12.7. The van der Waals surface area contributed by atoms with Gasteiger partial charge in [-0.3, -0.25) is 9.69 Å². The molecule has 1 fully saturated rings. The van der Waals surface area contributed by atoms with Gasteiger partial charge in [-0.05, 0) is 49.2 Å². The SMILES string of the molecule is COc1ccc(CN2CCN(C(=O)Cc3cccc(OC(C)C)c3)CC2)cc1. The maximum atomic E-state index is 12.7. The van der Waals surface area contributed by atoms with Gasteiger partial charge >= 0.3 is 0 Å². The van der Waals surface area contributed by atoms with Gasteiger partial charge in [0.05, 0.1) is 19.6 Å². The summed E-state index contributed by atoms with van der Waals surface area (Å²) in [6.07, 6.45) is 0.554. The molecule has 0 radical (unpaired) electrons. The minimum absolute atomic E-state index is 0.129. The van der Waals surface area contributed by atoms with E-state index in [0.717, 1.165) is 49.8 Å². The molecule has 1 amide bonds. The van der Waals surface area contributed by atoms with Crippen molar-refractivity contribution in [2.75, 3.05) is 33.3 Å². The molecule has 2 aromatic carbocycles. The predicted octanol–water partition coefficient (Wildman–Crippen LogP) is 3.37. The zero-order valence-corrected chi connectivity index (χ0v) is 17.1. The van der Waals surface area contributed by atoms with Gasteiger partial charge in [0.15, 0.2) is 0 Å². The Morgan fingerprint density at radius 2 is 1.68 bits per heavy atom. The summed E-state index contributed by atoms with van der Waals surface area (Å²) in [5.74, 6) is 1.89. The van der Waals surface area contributed by atoms with Crippen molar-refractivity contribution in [3.63, 3.8) is 0 Å². The van der Waals surface area contributed by atoms with Crippen LogP contribution in [0.15, 0.2) is 48.5 Å². The van der Waals surface area contributed by atoms with Crippen molar-refractivity contribution >= 4 is 5.91 Å². The normalized spacial score (nSPS) is 14.9. The number of benzene rings is 2. The van der Waals surface area contributed by atoms with Gasteiger partial charge in [-0.15, -0.1) is 0 Å². The van der Waals surface area contributed by atoms with E-state index < -0.39 is 0 Å². The van der Waals surface area contributed by atoms with Crippen molar-refractivity contribution in [2.24, 2.45) is 0 Å². The number of rotatable bonds is 7. The van der Waals surface area contributed by atoms with E-state index in [-0.39, 0.29) is 12.0 Å². The lowest BCUT2D eigenvalue weighted by Gasteiger charge is -2.35. The Bertz CT molecular complexity index is 766. The summed E-state index contributed by atoms with van der Waals surface area (Å²) < 4.78 is 10.9. The summed E-state index contributed by atoms with van der Waals surface area (Å²) in [5.41, 5.74) is 2.27. The second-order valence-electron chi connectivity index (χ2n) is 7.50. The molecule has 5 heteroatoms. The second kappa shape index (κ2) is 9.60. The van der Waals surface area contributed by atoms with Crippen LogP contribution in [0.1, 0.15) is 25.0 Å². The fourth-order valence-corrected chi connectivity index (χ4v) is 3.43. The lowest BCUT2D eigenvalue weighted by molar-refractivity contribution is -0.132. The molecule has 0 atom stereocenters. The monoisotopic (exact) mass is 382 g/mol. The molecule has 1 saturated heterocycles. The molecule has 0 N–H and O–H groups in total. The number of nitrogens with zero attached hydrogens (tertiary/aromatic N) is 2. The molecule has 150 valence electrons. The number of amides is 1. The largest absolute Gasteiger partial charge is 0.497 e. The minimum atomic E-state index is 0.129. The number of ether oxygens (including phenoxy) is 2. The Kier molecular flexibility index (Phi) is 6.93. The third-order valence-electron chi connectivity index (χ3n) is 4.92. The summed E-state index contributed by atoms with van der Waals surface area (Å²) in [4.78, 5) is 17.1. The Balaban J connectivity index is 1.48. The molecule has 1 heterocycles. The summed E-state index contributed by atoms with van der Waals surface area (Å²) in [5, 5.41) is 0. The average molecular weight is 383 g/mol. The van der Waals surface area contributed by atoms with E-state index in [1.165, 1.54) is 5.56 Å². The lowest BCUT2D eigenvalue weighted by Crippen LogP contribution is -2.48. The van der Waals surface area contributed by atoms with Gasteiger partial charge in [0.1, 0.15) is 11.5 Å². The molecular weight excluding hydrogens is 352 g/mol. The number of carbonyl (C=O) groups excluding carboxylic acids is 1. The Hall–Kier alpha value is -2.53.